The lowest BCUT2D eigenvalue weighted by atomic mass is 10.0. The first kappa shape index (κ1) is 72.9. The molecule has 0 saturated heterocycles. The van der Waals surface area contributed by atoms with Gasteiger partial charge in [0, 0.05) is 6.42 Å². The number of unbranched alkanes of at least 4 members (excludes halogenated alkanes) is 24. The first-order chi connectivity index (χ1) is 37.0. The molecule has 0 aliphatic heterocycles. The number of nitrogens with one attached hydrogen (secondary N) is 1. The highest BCUT2D eigenvalue weighted by Crippen LogP contribution is 2.43. The molecule has 0 spiro atoms. The number of phosphoric acid groups is 1. The van der Waals surface area contributed by atoms with Gasteiger partial charge in [0.15, 0.2) is 0 Å². The Morgan fingerprint density at radius 3 is 1.16 bits per heavy atom. The molecule has 0 aromatic heterocycles. The summed E-state index contributed by atoms with van der Waals surface area (Å²) in [5.41, 5.74) is 0. The summed E-state index contributed by atoms with van der Waals surface area (Å²) in [7, 11) is 1.56. The molecule has 0 fully saturated rings. The monoisotopic (exact) mass is 1080 g/mol. The smallest absolute Gasteiger partial charge is 0.387 e. The van der Waals surface area contributed by atoms with E-state index in [4.69, 9.17) is 9.05 Å². The fraction of sp³-hybridized carbons (Fsp3) is 0.687. The zero-order chi connectivity index (χ0) is 55.6. The van der Waals surface area contributed by atoms with Gasteiger partial charge in [0.2, 0.25) is 5.91 Å². The van der Waals surface area contributed by atoms with E-state index in [2.05, 4.69) is 129 Å². The van der Waals surface area contributed by atoms with E-state index in [1.54, 1.807) is 6.08 Å². The third-order valence-electron chi connectivity index (χ3n) is 13.2. The Labute approximate surface area is 469 Å². The molecule has 0 saturated carbocycles. The van der Waals surface area contributed by atoms with Crippen LogP contribution in [0.1, 0.15) is 245 Å². The van der Waals surface area contributed by atoms with Gasteiger partial charge < -0.3 is 19.8 Å². The second-order valence-corrected chi connectivity index (χ2v) is 23.2. The number of hydrogen-bond acceptors (Lipinski definition) is 5. The van der Waals surface area contributed by atoms with Crippen LogP contribution >= 0.6 is 7.82 Å². The van der Waals surface area contributed by atoms with E-state index in [-0.39, 0.29) is 19.1 Å². The number of hydrogen-bond donors (Lipinski definition) is 3. The molecule has 0 radical (unpaired) electrons. The molecule has 9 heteroatoms. The largest absolute Gasteiger partial charge is 0.472 e. The Hall–Kier alpha value is -3.10. The molecule has 1 amide bonds. The predicted octanol–water partition coefficient (Wildman–Crippen LogP) is 19.3. The van der Waals surface area contributed by atoms with Gasteiger partial charge in [-0.05, 0) is 89.9 Å². The number of carbonyl (C=O) groups excluding carboxylic acids is 1. The van der Waals surface area contributed by atoms with Gasteiger partial charge in [-0.25, -0.2) is 4.57 Å². The molecule has 0 aliphatic carbocycles. The summed E-state index contributed by atoms with van der Waals surface area (Å²) >= 11 is 0. The van der Waals surface area contributed by atoms with Crippen molar-refractivity contribution in [1.82, 2.24) is 5.32 Å². The van der Waals surface area contributed by atoms with Gasteiger partial charge in [0.05, 0.1) is 39.9 Å². The van der Waals surface area contributed by atoms with Crippen LogP contribution in [0.3, 0.4) is 0 Å². The normalized spacial score (nSPS) is 14.7. The van der Waals surface area contributed by atoms with Crippen LogP contribution in [0.5, 0.6) is 0 Å². The Balaban J connectivity index is 4.10. The lowest BCUT2D eigenvalue weighted by Gasteiger charge is -2.25. The SMILES string of the molecule is CC/C=C\C/C=C\C/C=C\C/C=C\C/C=C\C/C=C\C/C=C\C/C=C\C/C=C\CCCCCCCCCCCCCC(=O)NC(COP(=O)(O)OCC[N+](C)(C)C)C(O)/C=C/CCCCCCCCCCCCCCC. The van der Waals surface area contributed by atoms with E-state index in [0.717, 1.165) is 96.3 Å². The Morgan fingerprint density at radius 1 is 0.461 bits per heavy atom. The van der Waals surface area contributed by atoms with Crippen LogP contribution in [-0.4, -0.2) is 73.4 Å². The molecule has 0 aliphatic rings. The van der Waals surface area contributed by atoms with Gasteiger partial charge in [-0.2, -0.15) is 0 Å². The van der Waals surface area contributed by atoms with E-state index < -0.39 is 20.0 Å². The summed E-state index contributed by atoms with van der Waals surface area (Å²) in [6.45, 7) is 4.69. The van der Waals surface area contributed by atoms with Gasteiger partial charge in [0.25, 0.3) is 0 Å². The van der Waals surface area contributed by atoms with Gasteiger partial charge >= 0.3 is 7.82 Å². The number of likely N-dealkylation sites (N-methyl/N-ethyl adjacent to an activating group) is 1. The first-order valence-corrected chi connectivity index (χ1v) is 32.4. The molecular formula is C67H118N2O6P+. The summed E-state index contributed by atoms with van der Waals surface area (Å²) in [6, 6.07) is -0.855. The van der Waals surface area contributed by atoms with E-state index in [0.29, 0.717) is 17.4 Å². The summed E-state index contributed by atoms with van der Waals surface area (Å²) in [5.74, 6) is -0.184. The molecule has 0 bridgehead atoms. The van der Waals surface area contributed by atoms with Gasteiger partial charge in [-0.1, -0.05) is 270 Å². The molecule has 0 aromatic carbocycles. The van der Waals surface area contributed by atoms with Crippen molar-refractivity contribution in [3.05, 3.63) is 122 Å². The lowest BCUT2D eigenvalue weighted by Crippen LogP contribution is -2.45. The number of phosphoric ester groups is 1. The first-order valence-electron chi connectivity index (χ1n) is 30.9. The summed E-state index contributed by atoms with van der Waals surface area (Å²) in [6.07, 6.45) is 84.5. The minimum Gasteiger partial charge on any atom is -0.387 e. The maximum atomic E-state index is 13.0. The van der Waals surface area contributed by atoms with Crippen LogP contribution in [0.4, 0.5) is 0 Å². The highest BCUT2D eigenvalue weighted by Gasteiger charge is 2.27. The molecule has 0 heterocycles. The number of amides is 1. The molecule has 0 aromatic rings. The lowest BCUT2D eigenvalue weighted by molar-refractivity contribution is -0.870. The molecule has 3 atom stereocenters. The van der Waals surface area contributed by atoms with E-state index in [9.17, 15) is 19.4 Å². The van der Waals surface area contributed by atoms with Crippen molar-refractivity contribution >= 4 is 13.7 Å². The molecule has 3 N–H and O–H groups in total. The zero-order valence-corrected chi connectivity index (χ0v) is 50.6. The summed E-state index contributed by atoms with van der Waals surface area (Å²) in [5, 5.41) is 13.9. The van der Waals surface area contributed by atoms with Gasteiger partial charge in [-0.3, -0.25) is 13.8 Å². The van der Waals surface area contributed by atoms with Crippen molar-refractivity contribution in [2.75, 3.05) is 40.9 Å². The zero-order valence-electron chi connectivity index (χ0n) is 49.7. The van der Waals surface area contributed by atoms with Gasteiger partial charge in [0.1, 0.15) is 13.2 Å². The second kappa shape index (κ2) is 56.6. The minimum atomic E-state index is -4.35. The highest BCUT2D eigenvalue weighted by atomic mass is 31.2. The third-order valence-corrected chi connectivity index (χ3v) is 14.2. The van der Waals surface area contributed by atoms with Crippen molar-refractivity contribution in [1.29, 1.82) is 0 Å². The average molecular weight is 1080 g/mol. The van der Waals surface area contributed by atoms with Crippen LogP contribution in [-0.2, 0) is 18.4 Å². The number of quaternary nitrogens is 1. The molecule has 3 unspecified atom stereocenters. The van der Waals surface area contributed by atoms with Crippen LogP contribution in [0, 0.1) is 0 Å². The van der Waals surface area contributed by atoms with Crippen molar-refractivity contribution in [3.8, 4) is 0 Å². The summed E-state index contributed by atoms with van der Waals surface area (Å²) < 4.78 is 23.7. The number of carbonyl (C=O) groups is 1. The van der Waals surface area contributed by atoms with Crippen LogP contribution < -0.4 is 5.32 Å². The second-order valence-electron chi connectivity index (χ2n) is 21.7. The van der Waals surface area contributed by atoms with Crippen molar-refractivity contribution in [2.45, 2.75) is 257 Å². The van der Waals surface area contributed by atoms with E-state index >= 15 is 0 Å². The van der Waals surface area contributed by atoms with Crippen LogP contribution in [0.2, 0.25) is 0 Å². The standard InChI is InChI=1S/C67H117N2O6P/c1-6-8-10-12-14-16-18-20-22-23-24-25-26-27-28-29-30-31-32-33-34-35-36-37-38-39-40-41-42-43-44-45-47-49-51-53-55-57-59-61-67(71)68-65(64-75-76(72,73)74-63-62-69(3,4)5)66(70)60-58-56-54-52-50-48-46-21-19-17-15-13-11-9-7-2/h8,10,14,16,20,22,24-25,27-28,30-31,33-34,36-37,39-40,58,60,65-66,70H,6-7,9,11-13,15,17-19,21,23,26,29,32,35,38,41-57,59,61-64H2,1-5H3,(H-,68,71,72,73)/p+1/b10-8-,16-14-,22-20-,25-24-,28-27-,31-30-,34-33-,37-36-,40-39-,60-58+. The van der Waals surface area contributed by atoms with Crippen LogP contribution in [0.25, 0.3) is 0 Å². The quantitative estimate of drug-likeness (QED) is 0.0243. The Bertz CT molecular complexity index is 1650. The number of aliphatic hydroxyl groups excluding tert-OH is 1. The average Bonchev–Trinajstić information content (AvgIpc) is 3.38. The van der Waals surface area contributed by atoms with Crippen molar-refractivity contribution in [3.63, 3.8) is 0 Å². The fourth-order valence-electron chi connectivity index (χ4n) is 8.39. The van der Waals surface area contributed by atoms with E-state index in [1.807, 2.05) is 27.2 Å². The molecule has 436 valence electrons. The maximum Gasteiger partial charge on any atom is 0.472 e. The maximum absolute atomic E-state index is 13.0. The molecule has 0 rings (SSSR count). The minimum absolute atomic E-state index is 0.0562. The Kier molecular flexibility index (Phi) is 54.3. The van der Waals surface area contributed by atoms with Gasteiger partial charge in [-0.15, -0.1) is 0 Å². The molecule has 76 heavy (non-hydrogen) atoms. The molecular weight excluding hydrogens is 960 g/mol. The number of allylic oxidation sites excluding steroid dienone is 19. The van der Waals surface area contributed by atoms with Crippen LogP contribution in [0.15, 0.2) is 122 Å². The Morgan fingerprint density at radius 2 is 0.789 bits per heavy atom. The highest BCUT2D eigenvalue weighted by molar-refractivity contribution is 7.47. The number of nitrogens with zero attached hydrogens (tertiary/aromatic N) is 1. The van der Waals surface area contributed by atoms with E-state index in [1.165, 1.54) is 128 Å². The number of aliphatic hydroxyl groups is 1. The number of rotatable bonds is 55. The molecule has 8 nitrogen and oxygen atoms in total. The van der Waals surface area contributed by atoms with Crippen molar-refractivity contribution < 1.29 is 32.9 Å². The van der Waals surface area contributed by atoms with Crippen molar-refractivity contribution in [2.24, 2.45) is 0 Å². The fourth-order valence-corrected chi connectivity index (χ4v) is 9.12. The topological polar surface area (TPSA) is 105 Å². The predicted molar refractivity (Wildman–Crippen MR) is 332 cm³/mol. The summed E-state index contributed by atoms with van der Waals surface area (Å²) in [4.78, 5) is 23.3. The third kappa shape index (κ3) is 58.6.